The minimum Gasteiger partial charge on any atom is -0.506 e. The first-order valence-electron chi connectivity index (χ1n) is 5.05. The van der Waals surface area contributed by atoms with E-state index in [2.05, 4.69) is 32.8 Å². The van der Waals surface area contributed by atoms with Crippen LogP contribution in [0.2, 0.25) is 0 Å². The van der Waals surface area contributed by atoms with E-state index in [4.69, 9.17) is 0 Å². The molecular formula is C12H8IN3O. The average molecular weight is 337 g/mol. The Morgan fingerprint density at radius 2 is 1.76 bits per heavy atom. The third kappa shape index (κ3) is 1.86. The van der Waals surface area contributed by atoms with Gasteiger partial charge in [-0.3, -0.25) is 0 Å². The Morgan fingerprint density at radius 1 is 1.00 bits per heavy atom. The van der Waals surface area contributed by atoms with E-state index in [-0.39, 0.29) is 5.75 Å². The fraction of sp³-hybridized carbons (Fsp3) is 0. The molecule has 0 fully saturated rings. The van der Waals surface area contributed by atoms with Gasteiger partial charge in [0, 0.05) is 3.57 Å². The van der Waals surface area contributed by atoms with Crippen LogP contribution in [0.25, 0.3) is 16.7 Å². The van der Waals surface area contributed by atoms with Crippen molar-refractivity contribution >= 4 is 33.6 Å². The molecule has 0 aliphatic rings. The first-order valence-corrected chi connectivity index (χ1v) is 6.13. The summed E-state index contributed by atoms with van der Waals surface area (Å²) in [5.41, 5.74) is 2.22. The standard InChI is InChI=1S/C12H8IN3O/c13-8-5-6-9-10(7-8)15-16(14-9)11-3-1-2-4-12(11)17/h1-7,17H. The number of aromatic nitrogens is 3. The first-order chi connectivity index (χ1) is 8.24. The molecule has 0 bridgehead atoms. The van der Waals surface area contributed by atoms with Gasteiger partial charge in [0.25, 0.3) is 0 Å². The van der Waals surface area contributed by atoms with Gasteiger partial charge in [0.2, 0.25) is 0 Å². The molecule has 0 spiro atoms. The Morgan fingerprint density at radius 3 is 2.59 bits per heavy atom. The second-order valence-corrected chi connectivity index (χ2v) is 4.86. The van der Waals surface area contributed by atoms with Gasteiger partial charge in [0.1, 0.15) is 22.5 Å². The maximum absolute atomic E-state index is 9.74. The van der Waals surface area contributed by atoms with Gasteiger partial charge in [-0.25, -0.2) is 0 Å². The highest BCUT2D eigenvalue weighted by Crippen LogP contribution is 2.21. The second kappa shape index (κ2) is 3.99. The lowest BCUT2D eigenvalue weighted by molar-refractivity contribution is 0.468. The number of hydrogen-bond donors (Lipinski definition) is 1. The van der Waals surface area contributed by atoms with Crippen LogP contribution in [0.3, 0.4) is 0 Å². The molecular weight excluding hydrogens is 329 g/mol. The van der Waals surface area contributed by atoms with Crippen LogP contribution in [0.15, 0.2) is 42.5 Å². The van der Waals surface area contributed by atoms with E-state index in [1.165, 1.54) is 4.80 Å². The number of halogens is 1. The SMILES string of the molecule is Oc1ccccc1-n1nc2ccc(I)cc2n1. The molecule has 5 heteroatoms. The van der Waals surface area contributed by atoms with Gasteiger partial charge < -0.3 is 5.11 Å². The van der Waals surface area contributed by atoms with Crippen LogP contribution in [0.5, 0.6) is 5.75 Å². The predicted octanol–water partition coefficient (Wildman–Crippen LogP) is 2.73. The van der Waals surface area contributed by atoms with Crippen molar-refractivity contribution in [3.05, 3.63) is 46.0 Å². The molecule has 4 nitrogen and oxygen atoms in total. The molecule has 3 aromatic rings. The molecule has 0 saturated heterocycles. The Labute approximate surface area is 111 Å². The number of benzene rings is 2. The Balaban J connectivity index is 2.22. The number of rotatable bonds is 1. The fourth-order valence-electron chi connectivity index (χ4n) is 1.63. The maximum atomic E-state index is 9.74. The normalized spacial score (nSPS) is 10.9. The monoisotopic (exact) mass is 337 g/mol. The van der Waals surface area contributed by atoms with E-state index in [0.717, 1.165) is 14.6 Å². The topological polar surface area (TPSA) is 50.9 Å². The number of hydrogen-bond acceptors (Lipinski definition) is 3. The minimum absolute atomic E-state index is 0.169. The summed E-state index contributed by atoms with van der Waals surface area (Å²) in [4.78, 5) is 1.45. The Bertz CT molecular complexity index is 693. The van der Waals surface area contributed by atoms with E-state index in [0.29, 0.717) is 5.69 Å². The zero-order chi connectivity index (χ0) is 11.8. The molecule has 2 aromatic carbocycles. The molecule has 0 atom stereocenters. The molecule has 0 saturated carbocycles. The lowest BCUT2D eigenvalue weighted by Gasteiger charge is -2.00. The van der Waals surface area contributed by atoms with Crippen LogP contribution in [-0.2, 0) is 0 Å². The number of fused-ring (bicyclic) bond motifs is 1. The molecule has 17 heavy (non-hydrogen) atoms. The van der Waals surface area contributed by atoms with E-state index >= 15 is 0 Å². The highest BCUT2D eigenvalue weighted by Gasteiger charge is 2.07. The van der Waals surface area contributed by atoms with E-state index in [9.17, 15) is 5.11 Å². The number of phenolic OH excluding ortho intramolecular Hbond substituents is 1. The second-order valence-electron chi connectivity index (χ2n) is 3.61. The summed E-state index contributed by atoms with van der Waals surface area (Å²) in [6.07, 6.45) is 0. The molecule has 3 rings (SSSR count). The molecule has 0 aliphatic heterocycles. The zero-order valence-electron chi connectivity index (χ0n) is 8.71. The quantitative estimate of drug-likeness (QED) is 0.695. The van der Waals surface area contributed by atoms with Gasteiger partial charge in [0.05, 0.1) is 0 Å². The molecule has 0 amide bonds. The van der Waals surface area contributed by atoms with Crippen molar-refractivity contribution in [1.29, 1.82) is 0 Å². The van der Waals surface area contributed by atoms with Gasteiger partial charge in [-0.1, -0.05) is 12.1 Å². The third-order valence-electron chi connectivity index (χ3n) is 2.44. The summed E-state index contributed by atoms with van der Waals surface area (Å²) in [5.74, 6) is 0.169. The predicted molar refractivity (Wildman–Crippen MR) is 73.2 cm³/mol. The van der Waals surface area contributed by atoms with Gasteiger partial charge in [-0.05, 0) is 52.9 Å². The van der Waals surface area contributed by atoms with Gasteiger partial charge in [0.15, 0.2) is 0 Å². The van der Waals surface area contributed by atoms with Crippen molar-refractivity contribution in [2.75, 3.05) is 0 Å². The van der Waals surface area contributed by atoms with Gasteiger partial charge in [-0.2, -0.15) is 0 Å². The number of phenols is 1. The van der Waals surface area contributed by atoms with E-state index in [1.807, 2.05) is 24.3 Å². The van der Waals surface area contributed by atoms with Crippen molar-refractivity contribution in [2.24, 2.45) is 0 Å². The third-order valence-corrected chi connectivity index (χ3v) is 3.11. The average Bonchev–Trinajstić information content (AvgIpc) is 2.72. The van der Waals surface area contributed by atoms with Crippen LogP contribution in [-0.4, -0.2) is 20.1 Å². The van der Waals surface area contributed by atoms with Crippen molar-refractivity contribution in [1.82, 2.24) is 15.0 Å². The van der Waals surface area contributed by atoms with Crippen molar-refractivity contribution in [2.45, 2.75) is 0 Å². The van der Waals surface area contributed by atoms with Crippen LogP contribution in [0, 0.1) is 3.57 Å². The summed E-state index contributed by atoms with van der Waals surface area (Å²) in [5, 5.41) is 18.4. The van der Waals surface area contributed by atoms with Crippen molar-refractivity contribution in [3.63, 3.8) is 0 Å². The van der Waals surface area contributed by atoms with Gasteiger partial charge >= 0.3 is 0 Å². The largest absolute Gasteiger partial charge is 0.506 e. The molecule has 0 unspecified atom stereocenters. The Hall–Kier alpha value is -1.63. The summed E-state index contributed by atoms with van der Waals surface area (Å²) >= 11 is 2.23. The molecule has 84 valence electrons. The highest BCUT2D eigenvalue weighted by atomic mass is 127. The maximum Gasteiger partial charge on any atom is 0.143 e. The fourth-order valence-corrected chi connectivity index (χ4v) is 2.10. The van der Waals surface area contributed by atoms with Crippen LogP contribution >= 0.6 is 22.6 Å². The number of nitrogens with zero attached hydrogens (tertiary/aromatic N) is 3. The molecule has 1 aromatic heterocycles. The molecule has 0 radical (unpaired) electrons. The summed E-state index contributed by atoms with van der Waals surface area (Å²) in [6.45, 7) is 0. The number of para-hydroxylation sites is 2. The smallest absolute Gasteiger partial charge is 0.143 e. The first kappa shape index (κ1) is 10.5. The van der Waals surface area contributed by atoms with E-state index in [1.54, 1.807) is 18.2 Å². The lowest BCUT2D eigenvalue weighted by Crippen LogP contribution is -1.98. The molecule has 1 heterocycles. The van der Waals surface area contributed by atoms with Crippen LogP contribution in [0.1, 0.15) is 0 Å². The summed E-state index contributed by atoms with van der Waals surface area (Å²) < 4.78 is 1.11. The van der Waals surface area contributed by atoms with Crippen LogP contribution in [0.4, 0.5) is 0 Å². The highest BCUT2D eigenvalue weighted by molar-refractivity contribution is 14.1. The zero-order valence-corrected chi connectivity index (χ0v) is 10.9. The van der Waals surface area contributed by atoms with Gasteiger partial charge in [-0.15, -0.1) is 15.0 Å². The summed E-state index contributed by atoms with van der Waals surface area (Å²) in [6, 6.07) is 12.9. The summed E-state index contributed by atoms with van der Waals surface area (Å²) in [7, 11) is 0. The van der Waals surface area contributed by atoms with Crippen molar-refractivity contribution in [3.8, 4) is 11.4 Å². The minimum atomic E-state index is 0.169. The Kier molecular flexibility index (Phi) is 2.47. The van der Waals surface area contributed by atoms with Crippen LogP contribution < -0.4 is 0 Å². The van der Waals surface area contributed by atoms with Crippen molar-refractivity contribution < 1.29 is 5.11 Å². The molecule has 0 aliphatic carbocycles. The number of aromatic hydroxyl groups is 1. The van der Waals surface area contributed by atoms with E-state index < -0.39 is 0 Å². The lowest BCUT2D eigenvalue weighted by atomic mass is 10.3. The molecule has 1 N–H and O–H groups in total.